The van der Waals surface area contributed by atoms with Crippen molar-refractivity contribution in [1.29, 1.82) is 0 Å². The van der Waals surface area contributed by atoms with Crippen molar-refractivity contribution in [3.8, 4) is 0 Å². The van der Waals surface area contributed by atoms with Crippen LogP contribution in [-0.2, 0) is 0 Å². The summed E-state index contributed by atoms with van der Waals surface area (Å²) in [6.07, 6.45) is 3.04. The van der Waals surface area contributed by atoms with Gasteiger partial charge in [0, 0.05) is 11.6 Å². The second-order valence-corrected chi connectivity index (χ2v) is 5.00. The van der Waals surface area contributed by atoms with Crippen LogP contribution in [0.15, 0.2) is 36.7 Å². The van der Waals surface area contributed by atoms with Gasteiger partial charge in [-0.2, -0.15) is 0 Å². The highest BCUT2D eigenvalue weighted by Gasteiger charge is 2.13. The fourth-order valence-electron chi connectivity index (χ4n) is 1.85. The number of amides is 1. The van der Waals surface area contributed by atoms with Gasteiger partial charge in [0.2, 0.25) is 0 Å². The molecule has 5 nitrogen and oxygen atoms in total. The van der Waals surface area contributed by atoms with Crippen molar-refractivity contribution in [3.05, 3.63) is 52.9 Å². The molecule has 0 saturated heterocycles. The monoisotopic (exact) mass is 304 g/mol. The van der Waals surface area contributed by atoms with Crippen molar-refractivity contribution in [3.63, 3.8) is 0 Å². The second kappa shape index (κ2) is 7.04. The Morgan fingerprint density at radius 3 is 2.67 bits per heavy atom. The highest BCUT2D eigenvalue weighted by Crippen LogP contribution is 2.16. The van der Waals surface area contributed by atoms with Gasteiger partial charge in [-0.05, 0) is 31.5 Å². The SMILES string of the molecule is CCNc1cncc(C(=O)NC(C)c2ccc(Cl)cc2)n1. The molecule has 1 amide bonds. The summed E-state index contributed by atoms with van der Waals surface area (Å²) in [6.45, 7) is 4.58. The van der Waals surface area contributed by atoms with Crippen LogP contribution in [0.2, 0.25) is 5.02 Å². The number of nitrogens with zero attached hydrogens (tertiary/aromatic N) is 2. The average Bonchev–Trinajstić information content (AvgIpc) is 2.48. The molecular formula is C15H17ClN4O. The fourth-order valence-corrected chi connectivity index (χ4v) is 1.97. The lowest BCUT2D eigenvalue weighted by molar-refractivity contribution is 0.0934. The molecule has 0 aliphatic heterocycles. The van der Waals surface area contributed by atoms with Crippen molar-refractivity contribution in [2.24, 2.45) is 0 Å². The molecule has 0 aliphatic carbocycles. The Bertz CT molecular complexity index is 615. The zero-order valence-corrected chi connectivity index (χ0v) is 12.7. The highest BCUT2D eigenvalue weighted by molar-refractivity contribution is 6.30. The molecule has 2 N–H and O–H groups in total. The van der Waals surface area contributed by atoms with Gasteiger partial charge >= 0.3 is 0 Å². The highest BCUT2D eigenvalue weighted by atomic mass is 35.5. The predicted molar refractivity (Wildman–Crippen MR) is 83.5 cm³/mol. The minimum absolute atomic E-state index is 0.139. The number of anilines is 1. The van der Waals surface area contributed by atoms with Gasteiger partial charge in [-0.15, -0.1) is 0 Å². The van der Waals surface area contributed by atoms with Crippen molar-refractivity contribution in [2.45, 2.75) is 19.9 Å². The first-order valence-electron chi connectivity index (χ1n) is 6.72. The summed E-state index contributed by atoms with van der Waals surface area (Å²) in [4.78, 5) is 20.4. The summed E-state index contributed by atoms with van der Waals surface area (Å²) >= 11 is 5.85. The summed E-state index contributed by atoms with van der Waals surface area (Å²) in [5.74, 6) is 0.328. The minimum Gasteiger partial charge on any atom is -0.369 e. The van der Waals surface area contributed by atoms with E-state index in [-0.39, 0.29) is 17.6 Å². The smallest absolute Gasteiger partial charge is 0.272 e. The number of halogens is 1. The van der Waals surface area contributed by atoms with E-state index in [1.165, 1.54) is 6.20 Å². The van der Waals surface area contributed by atoms with Gasteiger partial charge in [-0.3, -0.25) is 9.78 Å². The molecule has 6 heteroatoms. The van der Waals surface area contributed by atoms with Crippen molar-refractivity contribution < 1.29 is 4.79 Å². The maximum atomic E-state index is 12.2. The van der Waals surface area contributed by atoms with Crippen LogP contribution in [0.25, 0.3) is 0 Å². The summed E-state index contributed by atoms with van der Waals surface area (Å²) in [5.41, 5.74) is 1.26. The van der Waals surface area contributed by atoms with Crippen molar-refractivity contribution in [1.82, 2.24) is 15.3 Å². The molecule has 1 aromatic heterocycles. The van der Waals surface area contributed by atoms with E-state index in [1.807, 2.05) is 26.0 Å². The lowest BCUT2D eigenvalue weighted by Gasteiger charge is -2.14. The van der Waals surface area contributed by atoms with Gasteiger partial charge in [0.1, 0.15) is 11.5 Å². The van der Waals surface area contributed by atoms with E-state index >= 15 is 0 Å². The van der Waals surface area contributed by atoms with Crippen LogP contribution < -0.4 is 10.6 Å². The first-order chi connectivity index (χ1) is 10.1. The maximum Gasteiger partial charge on any atom is 0.272 e. The number of hydrogen-bond acceptors (Lipinski definition) is 4. The zero-order valence-electron chi connectivity index (χ0n) is 11.9. The Morgan fingerprint density at radius 2 is 2.00 bits per heavy atom. The Labute approximate surface area is 128 Å². The molecule has 2 rings (SSSR count). The lowest BCUT2D eigenvalue weighted by atomic mass is 10.1. The molecule has 1 atom stereocenters. The minimum atomic E-state index is -0.260. The third-order valence-electron chi connectivity index (χ3n) is 2.94. The number of carbonyl (C=O) groups is 1. The average molecular weight is 305 g/mol. The van der Waals surface area contributed by atoms with E-state index < -0.39 is 0 Å². The van der Waals surface area contributed by atoms with Crippen LogP contribution in [0.1, 0.15) is 35.9 Å². The van der Waals surface area contributed by atoms with Crippen molar-refractivity contribution in [2.75, 3.05) is 11.9 Å². The summed E-state index contributed by atoms with van der Waals surface area (Å²) in [6, 6.07) is 7.22. The summed E-state index contributed by atoms with van der Waals surface area (Å²) in [7, 11) is 0. The van der Waals surface area contributed by atoms with E-state index in [2.05, 4.69) is 20.6 Å². The Kier molecular flexibility index (Phi) is 5.11. The van der Waals surface area contributed by atoms with Crippen LogP contribution in [0, 0.1) is 0 Å². The summed E-state index contributed by atoms with van der Waals surface area (Å²) in [5, 5.41) is 6.58. The Balaban J connectivity index is 2.06. The number of rotatable bonds is 5. The van der Waals surface area contributed by atoms with Crippen molar-refractivity contribution >= 4 is 23.3 Å². The molecule has 0 saturated carbocycles. The standard InChI is InChI=1S/C15H17ClN4O/c1-3-18-14-9-17-8-13(20-14)15(21)19-10(2)11-4-6-12(16)7-5-11/h4-10H,3H2,1-2H3,(H,18,20)(H,19,21). The molecule has 0 radical (unpaired) electrons. The molecule has 0 aliphatic rings. The molecule has 1 heterocycles. The molecular weight excluding hydrogens is 288 g/mol. The normalized spacial score (nSPS) is 11.8. The van der Waals surface area contributed by atoms with Gasteiger partial charge in [-0.25, -0.2) is 4.98 Å². The molecule has 21 heavy (non-hydrogen) atoms. The van der Waals surface area contributed by atoms with Crippen LogP contribution in [0.4, 0.5) is 5.82 Å². The summed E-state index contributed by atoms with van der Waals surface area (Å²) < 4.78 is 0. The Morgan fingerprint density at radius 1 is 1.29 bits per heavy atom. The number of nitrogens with one attached hydrogen (secondary N) is 2. The quantitative estimate of drug-likeness (QED) is 0.891. The maximum absolute atomic E-state index is 12.2. The molecule has 0 bridgehead atoms. The predicted octanol–water partition coefficient (Wildman–Crippen LogP) is 3.05. The van der Waals surface area contributed by atoms with E-state index in [1.54, 1.807) is 18.3 Å². The van der Waals surface area contributed by atoms with Gasteiger partial charge < -0.3 is 10.6 Å². The zero-order chi connectivity index (χ0) is 15.2. The molecule has 110 valence electrons. The third kappa shape index (κ3) is 4.16. The largest absolute Gasteiger partial charge is 0.369 e. The Hall–Kier alpha value is -2.14. The second-order valence-electron chi connectivity index (χ2n) is 4.57. The third-order valence-corrected chi connectivity index (χ3v) is 3.19. The van der Waals surface area contributed by atoms with Crippen LogP contribution in [0.5, 0.6) is 0 Å². The van der Waals surface area contributed by atoms with E-state index in [0.717, 1.165) is 12.1 Å². The lowest BCUT2D eigenvalue weighted by Crippen LogP contribution is -2.27. The van der Waals surface area contributed by atoms with Gasteiger partial charge in [0.15, 0.2) is 0 Å². The van der Waals surface area contributed by atoms with E-state index in [9.17, 15) is 4.79 Å². The number of benzene rings is 1. The van der Waals surface area contributed by atoms with E-state index in [4.69, 9.17) is 11.6 Å². The molecule has 1 unspecified atom stereocenters. The first kappa shape index (κ1) is 15.3. The molecule has 0 spiro atoms. The topological polar surface area (TPSA) is 66.9 Å². The van der Waals surface area contributed by atoms with Crippen LogP contribution in [0.3, 0.4) is 0 Å². The van der Waals surface area contributed by atoms with Crippen LogP contribution in [-0.4, -0.2) is 22.4 Å². The number of hydrogen-bond donors (Lipinski definition) is 2. The molecule has 2 aromatic rings. The number of aromatic nitrogens is 2. The molecule has 1 aromatic carbocycles. The van der Waals surface area contributed by atoms with Crippen LogP contribution >= 0.6 is 11.6 Å². The number of carbonyl (C=O) groups excluding carboxylic acids is 1. The van der Waals surface area contributed by atoms with Gasteiger partial charge in [-0.1, -0.05) is 23.7 Å². The fraction of sp³-hybridized carbons (Fsp3) is 0.267. The van der Waals surface area contributed by atoms with Gasteiger partial charge in [0.25, 0.3) is 5.91 Å². The molecule has 0 fully saturated rings. The van der Waals surface area contributed by atoms with E-state index in [0.29, 0.717) is 10.8 Å². The van der Waals surface area contributed by atoms with Gasteiger partial charge in [0.05, 0.1) is 18.4 Å². The first-order valence-corrected chi connectivity index (χ1v) is 7.10.